The molecule has 0 aliphatic heterocycles. The van der Waals surface area contributed by atoms with Gasteiger partial charge in [0.15, 0.2) is 0 Å². The molecular weight excluding hydrogens is 324 g/mol. The van der Waals surface area contributed by atoms with E-state index in [0.29, 0.717) is 0 Å². The molecule has 0 aliphatic rings. The largest absolute Gasteiger partial charge is 0.494 e. The molecule has 0 atom stereocenters. The highest BCUT2D eigenvalue weighted by Crippen LogP contribution is 2.21. The summed E-state index contributed by atoms with van der Waals surface area (Å²) in [5.74, 6) is 0.984. The van der Waals surface area contributed by atoms with Gasteiger partial charge in [-0.2, -0.15) is 0 Å². The van der Waals surface area contributed by atoms with Crippen molar-refractivity contribution in [3.05, 3.63) is 28.2 Å². The fourth-order valence-electron chi connectivity index (χ4n) is 2.57. The van der Waals surface area contributed by atoms with Crippen LogP contribution in [-0.4, -0.2) is 6.61 Å². The van der Waals surface area contributed by atoms with E-state index in [1.54, 1.807) is 0 Å². The van der Waals surface area contributed by atoms with Crippen molar-refractivity contribution in [1.29, 1.82) is 0 Å². The Hall–Kier alpha value is -0.500. The van der Waals surface area contributed by atoms with Crippen LogP contribution < -0.4 is 4.74 Å². The van der Waals surface area contributed by atoms with Gasteiger partial charge in [-0.1, -0.05) is 80.6 Å². The molecule has 1 aromatic carbocycles. The zero-order valence-electron chi connectivity index (χ0n) is 13.8. The van der Waals surface area contributed by atoms with Crippen LogP contribution in [-0.2, 0) is 0 Å². The zero-order valence-corrected chi connectivity index (χ0v) is 15.4. The summed E-state index contributed by atoms with van der Waals surface area (Å²) in [5, 5.41) is 0. The molecule has 0 spiro atoms. The van der Waals surface area contributed by atoms with Crippen LogP contribution in [0.25, 0.3) is 0 Å². The average Bonchev–Trinajstić information content (AvgIpc) is 2.44. The maximum absolute atomic E-state index is 5.81. The predicted molar refractivity (Wildman–Crippen MR) is 96.2 cm³/mol. The van der Waals surface area contributed by atoms with E-state index in [1.165, 1.54) is 69.8 Å². The van der Waals surface area contributed by atoms with Crippen molar-refractivity contribution in [3.8, 4) is 5.75 Å². The molecule has 0 saturated heterocycles. The van der Waals surface area contributed by atoms with Crippen LogP contribution >= 0.6 is 15.9 Å². The molecule has 1 aromatic rings. The molecule has 0 heterocycles. The smallest absolute Gasteiger partial charge is 0.120 e. The van der Waals surface area contributed by atoms with Crippen LogP contribution in [0.1, 0.15) is 76.7 Å². The summed E-state index contributed by atoms with van der Waals surface area (Å²) in [7, 11) is 0. The molecule has 1 nitrogen and oxygen atoms in total. The Bertz CT molecular complexity index is 356. The third-order valence-corrected chi connectivity index (χ3v) is 4.24. The number of hydrogen-bond acceptors (Lipinski definition) is 1. The van der Waals surface area contributed by atoms with Crippen LogP contribution in [0.2, 0.25) is 0 Å². The van der Waals surface area contributed by atoms with E-state index in [0.717, 1.165) is 16.8 Å². The lowest BCUT2D eigenvalue weighted by Crippen LogP contribution is -1.97. The predicted octanol–water partition coefficient (Wildman–Crippen LogP) is 7.06. The van der Waals surface area contributed by atoms with Crippen LogP contribution in [0.5, 0.6) is 5.75 Å². The van der Waals surface area contributed by atoms with Crippen LogP contribution in [0.15, 0.2) is 22.7 Å². The van der Waals surface area contributed by atoms with Gasteiger partial charge in [0.05, 0.1) is 6.61 Å². The molecule has 0 radical (unpaired) electrons. The minimum Gasteiger partial charge on any atom is -0.494 e. The van der Waals surface area contributed by atoms with Crippen molar-refractivity contribution < 1.29 is 4.74 Å². The monoisotopic (exact) mass is 354 g/mol. The molecule has 120 valence electrons. The summed E-state index contributed by atoms with van der Waals surface area (Å²) in [6.07, 6.45) is 13.7. The summed E-state index contributed by atoms with van der Waals surface area (Å²) in [6, 6.07) is 6.25. The Morgan fingerprint density at radius 2 is 1.38 bits per heavy atom. The Kier molecular flexibility index (Phi) is 10.7. The molecule has 0 bridgehead atoms. The number of halogens is 1. The summed E-state index contributed by atoms with van der Waals surface area (Å²) in [4.78, 5) is 0. The molecule has 0 aliphatic carbocycles. The lowest BCUT2D eigenvalue weighted by atomic mass is 10.1. The Morgan fingerprint density at radius 3 is 1.95 bits per heavy atom. The summed E-state index contributed by atoms with van der Waals surface area (Å²) in [5.41, 5.74) is 1.24. The SMILES string of the molecule is CCCCCCCCCCCCOc1cc(C)cc(Br)c1. The van der Waals surface area contributed by atoms with Gasteiger partial charge in [0.2, 0.25) is 0 Å². The first-order chi connectivity index (χ1) is 10.2. The maximum Gasteiger partial charge on any atom is 0.120 e. The molecule has 0 saturated carbocycles. The minimum absolute atomic E-state index is 0.840. The first kappa shape index (κ1) is 18.5. The minimum atomic E-state index is 0.840. The third-order valence-electron chi connectivity index (χ3n) is 3.78. The molecule has 2 heteroatoms. The third kappa shape index (κ3) is 9.95. The summed E-state index contributed by atoms with van der Waals surface area (Å²) in [6.45, 7) is 5.21. The molecule has 0 N–H and O–H groups in total. The number of rotatable bonds is 12. The van der Waals surface area contributed by atoms with Crippen molar-refractivity contribution in [2.75, 3.05) is 6.61 Å². The van der Waals surface area contributed by atoms with E-state index in [1.807, 2.05) is 6.07 Å². The molecule has 1 rings (SSSR count). The van der Waals surface area contributed by atoms with Crippen molar-refractivity contribution in [2.24, 2.45) is 0 Å². The molecule has 0 unspecified atom stereocenters. The fraction of sp³-hybridized carbons (Fsp3) is 0.684. The van der Waals surface area contributed by atoms with Gasteiger partial charge in [-0.25, -0.2) is 0 Å². The summed E-state index contributed by atoms with van der Waals surface area (Å²) >= 11 is 3.51. The second-order valence-electron chi connectivity index (χ2n) is 5.99. The van der Waals surface area contributed by atoms with E-state index >= 15 is 0 Å². The zero-order chi connectivity index (χ0) is 15.3. The summed E-state index contributed by atoms with van der Waals surface area (Å²) < 4.78 is 6.91. The van der Waals surface area contributed by atoms with Gasteiger partial charge in [-0.15, -0.1) is 0 Å². The first-order valence-corrected chi connectivity index (χ1v) is 9.41. The van der Waals surface area contributed by atoms with Gasteiger partial charge >= 0.3 is 0 Å². The molecule has 0 amide bonds. The van der Waals surface area contributed by atoms with Gasteiger partial charge in [0, 0.05) is 4.47 Å². The number of aryl methyl sites for hydroxylation is 1. The van der Waals surface area contributed by atoms with Crippen molar-refractivity contribution >= 4 is 15.9 Å². The van der Waals surface area contributed by atoms with Crippen molar-refractivity contribution in [1.82, 2.24) is 0 Å². The van der Waals surface area contributed by atoms with Crippen molar-refractivity contribution in [3.63, 3.8) is 0 Å². The van der Waals surface area contributed by atoms with Gasteiger partial charge in [0.25, 0.3) is 0 Å². The maximum atomic E-state index is 5.81. The van der Waals surface area contributed by atoms with Crippen molar-refractivity contribution in [2.45, 2.75) is 78.1 Å². The lowest BCUT2D eigenvalue weighted by Gasteiger charge is -2.07. The molecule has 0 fully saturated rings. The van der Waals surface area contributed by atoms with Crippen LogP contribution in [0.3, 0.4) is 0 Å². The van der Waals surface area contributed by atoms with Gasteiger partial charge in [-0.3, -0.25) is 0 Å². The number of hydrogen-bond donors (Lipinski definition) is 0. The highest BCUT2D eigenvalue weighted by molar-refractivity contribution is 9.10. The molecular formula is C19H31BrO. The van der Waals surface area contributed by atoms with Gasteiger partial charge in [-0.05, 0) is 37.1 Å². The second-order valence-corrected chi connectivity index (χ2v) is 6.91. The van der Waals surface area contributed by atoms with E-state index in [9.17, 15) is 0 Å². The van der Waals surface area contributed by atoms with Crippen LogP contribution in [0.4, 0.5) is 0 Å². The van der Waals surface area contributed by atoms with E-state index in [2.05, 4.69) is 41.9 Å². The van der Waals surface area contributed by atoms with E-state index in [4.69, 9.17) is 4.74 Å². The Labute approximate surface area is 139 Å². The van der Waals surface area contributed by atoms with Gasteiger partial charge < -0.3 is 4.74 Å². The molecule has 21 heavy (non-hydrogen) atoms. The molecule has 0 aromatic heterocycles. The topological polar surface area (TPSA) is 9.23 Å². The second kappa shape index (κ2) is 12.1. The quantitative estimate of drug-likeness (QED) is 0.365. The lowest BCUT2D eigenvalue weighted by molar-refractivity contribution is 0.304. The standard InChI is InChI=1S/C19H31BrO/c1-3-4-5-6-7-8-9-10-11-12-13-21-19-15-17(2)14-18(20)16-19/h14-16H,3-13H2,1-2H3. The van der Waals surface area contributed by atoms with E-state index < -0.39 is 0 Å². The normalized spacial score (nSPS) is 10.8. The Morgan fingerprint density at radius 1 is 0.810 bits per heavy atom. The highest BCUT2D eigenvalue weighted by Gasteiger charge is 1.98. The number of benzene rings is 1. The first-order valence-electron chi connectivity index (χ1n) is 8.62. The van der Waals surface area contributed by atoms with Crippen LogP contribution in [0, 0.1) is 6.92 Å². The number of unbranched alkanes of at least 4 members (excludes halogenated alkanes) is 9. The fourth-order valence-corrected chi connectivity index (χ4v) is 3.15. The van der Waals surface area contributed by atoms with Gasteiger partial charge in [0.1, 0.15) is 5.75 Å². The highest BCUT2D eigenvalue weighted by atomic mass is 79.9. The van der Waals surface area contributed by atoms with E-state index in [-0.39, 0.29) is 0 Å². The number of ether oxygens (including phenoxy) is 1. The Balaban J connectivity index is 1.93. The average molecular weight is 355 g/mol.